The Bertz CT molecular complexity index is 276. The second kappa shape index (κ2) is 9.28. The fourth-order valence-corrected chi connectivity index (χ4v) is 3.65. The molecule has 2 fully saturated rings. The molecular weight excluding hydrogens is 371 g/mol. The fourth-order valence-electron chi connectivity index (χ4n) is 2.74. The summed E-state index contributed by atoms with van der Waals surface area (Å²) in [5, 5.41) is 0. The van der Waals surface area contributed by atoms with Gasteiger partial charge in [-0.1, -0.05) is 12.8 Å². The number of nitrogens with two attached hydrogens (primary N) is 1. The van der Waals surface area contributed by atoms with Crippen molar-refractivity contribution in [3.05, 3.63) is 0 Å². The van der Waals surface area contributed by atoms with Gasteiger partial charge in [0.15, 0.2) is 5.96 Å². The molecule has 0 aromatic carbocycles. The molecule has 0 unspecified atom stereocenters. The molecule has 1 aliphatic carbocycles. The van der Waals surface area contributed by atoms with Gasteiger partial charge in [0.05, 0.1) is 6.54 Å². The van der Waals surface area contributed by atoms with Gasteiger partial charge in [0.2, 0.25) is 0 Å². The molecule has 0 radical (unpaired) electrons. The van der Waals surface area contributed by atoms with E-state index in [0.29, 0.717) is 0 Å². The highest BCUT2D eigenvalue weighted by Gasteiger charge is 2.19. The van der Waals surface area contributed by atoms with Gasteiger partial charge in [-0.3, -0.25) is 4.99 Å². The molecule has 0 aromatic rings. The number of halogens is 1. The van der Waals surface area contributed by atoms with E-state index >= 15 is 0 Å². The Labute approximate surface area is 138 Å². The molecule has 1 heterocycles. The highest BCUT2D eigenvalue weighted by molar-refractivity contribution is 14.0. The molecule has 1 saturated carbocycles. The highest BCUT2D eigenvalue weighted by Crippen LogP contribution is 2.21. The van der Waals surface area contributed by atoms with Crippen LogP contribution in [0.2, 0.25) is 0 Å². The third kappa shape index (κ3) is 5.67. The van der Waals surface area contributed by atoms with Crippen molar-refractivity contribution in [2.75, 3.05) is 44.7 Å². The van der Waals surface area contributed by atoms with Crippen LogP contribution >= 0.6 is 35.7 Å². The summed E-state index contributed by atoms with van der Waals surface area (Å²) in [6.45, 7) is 3.98. The Morgan fingerprint density at radius 3 is 2.58 bits per heavy atom. The van der Waals surface area contributed by atoms with E-state index in [0.717, 1.165) is 38.2 Å². The van der Waals surface area contributed by atoms with E-state index in [2.05, 4.69) is 21.8 Å². The number of hydrogen-bond acceptors (Lipinski definition) is 3. The maximum atomic E-state index is 6.04. The molecule has 2 rings (SSSR count). The molecule has 4 nitrogen and oxygen atoms in total. The third-order valence-corrected chi connectivity index (χ3v) is 4.95. The lowest BCUT2D eigenvalue weighted by Gasteiger charge is -2.27. The standard InChI is InChI=1S/C13H26N4S.HI/c1-16(12-4-2-3-5-12)7-6-15-13(14)17-8-10-18-11-9-17;/h12H,2-11H2,1H3,(H2,14,15);1H. The molecule has 0 atom stereocenters. The Balaban J connectivity index is 0.00000180. The van der Waals surface area contributed by atoms with E-state index in [1.807, 2.05) is 11.8 Å². The number of guanidine groups is 1. The molecule has 0 aromatic heterocycles. The molecule has 1 aliphatic heterocycles. The molecular formula is C13H27IN4S. The van der Waals surface area contributed by atoms with Gasteiger partial charge in [-0.25, -0.2) is 0 Å². The zero-order chi connectivity index (χ0) is 12.8. The van der Waals surface area contributed by atoms with Crippen LogP contribution in [-0.4, -0.2) is 66.5 Å². The summed E-state index contributed by atoms with van der Waals surface area (Å²) in [5.41, 5.74) is 6.04. The smallest absolute Gasteiger partial charge is 0.191 e. The molecule has 2 N–H and O–H groups in total. The van der Waals surface area contributed by atoms with E-state index < -0.39 is 0 Å². The Morgan fingerprint density at radius 1 is 1.32 bits per heavy atom. The van der Waals surface area contributed by atoms with Crippen LogP contribution in [0.15, 0.2) is 4.99 Å². The van der Waals surface area contributed by atoms with Gasteiger partial charge < -0.3 is 15.5 Å². The SMILES string of the molecule is CN(CCN=C(N)N1CCSCC1)C1CCCC1.I. The minimum atomic E-state index is 0. The van der Waals surface area contributed by atoms with Gasteiger partial charge in [-0.15, -0.1) is 24.0 Å². The van der Waals surface area contributed by atoms with Crippen LogP contribution in [0.3, 0.4) is 0 Å². The summed E-state index contributed by atoms with van der Waals surface area (Å²) in [6, 6.07) is 0.785. The maximum absolute atomic E-state index is 6.04. The summed E-state index contributed by atoms with van der Waals surface area (Å²) in [4.78, 5) is 9.20. The largest absolute Gasteiger partial charge is 0.370 e. The molecule has 1 saturated heterocycles. The second-order valence-corrected chi connectivity index (χ2v) is 6.48. The maximum Gasteiger partial charge on any atom is 0.191 e. The minimum Gasteiger partial charge on any atom is -0.370 e. The first-order valence-electron chi connectivity index (χ1n) is 7.10. The van der Waals surface area contributed by atoms with Gasteiger partial charge in [0.25, 0.3) is 0 Å². The van der Waals surface area contributed by atoms with Crippen LogP contribution in [0.25, 0.3) is 0 Å². The first kappa shape index (κ1) is 17.4. The number of nitrogens with zero attached hydrogens (tertiary/aromatic N) is 3. The van der Waals surface area contributed by atoms with Gasteiger partial charge in [0, 0.05) is 37.2 Å². The molecule has 19 heavy (non-hydrogen) atoms. The van der Waals surface area contributed by atoms with E-state index in [1.54, 1.807) is 0 Å². The Morgan fingerprint density at radius 2 is 1.95 bits per heavy atom. The number of likely N-dealkylation sites (N-methyl/N-ethyl adjacent to an activating group) is 1. The molecule has 0 bridgehead atoms. The third-order valence-electron chi connectivity index (χ3n) is 4.01. The quantitative estimate of drug-likeness (QED) is 0.446. The zero-order valence-electron chi connectivity index (χ0n) is 11.9. The summed E-state index contributed by atoms with van der Waals surface area (Å²) >= 11 is 2.00. The van der Waals surface area contributed by atoms with Gasteiger partial charge in [-0.05, 0) is 19.9 Å². The predicted octanol–water partition coefficient (Wildman–Crippen LogP) is 1.84. The van der Waals surface area contributed by atoms with E-state index in [4.69, 9.17) is 5.73 Å². The zero-order valence-corrected chi connectivity index (χ0v) is 15.0. The average Bonchev–Trinajstić information content (AvgIpc) is 2.93. The molecule has 6 heteroatoms. The van der Waals surface area contributed by atoms with Crippen LogP contribution in [0, 0.1) is 0 Å². The van der Waals surface area contributed by atoms with Crippen LogP contribution in [-0.2, 0) is 0 Å². The van der Waals surface area contributed by atoms with Crippen molar-refractivity contribution in [1.29, 1.82) is 0 Å². The van der Waals surface area contributed by atoms with Crippen molar-refractivity contribution in [2.24, 2.45) is 10.7 Å². The van der Waals surface area contributed by atoms with Crippen molar-refractivity contribution in [3.8, 4) is 0 Å². The summed E-state index contributed by atoms with van der Waals surface area (Å²) < 4.78 is 0. The molecule has 0 amide bonds. The lowest BCUT2D eigenvalue weighted by Crippen LogP contribution is -2.43. The number of hydrogen-bond donors (Lipinski definition) is 1. The summed E-state index contributed by atoms with van der Waals surface area (Å²) in [5.74, 6) is 3.10. The van der Waals surface area contributed by atoms with E-state index in [9.17, 15) is 0 Å². The predicted molar refractivity (Wildman–Crippen MR) is 95.7 cm³/mol. The lowest BCUT2D eigenvalue weighted by molar-refractivity contribution is 0.252. The van der Waals surface area contributed by atoms with E-state index in [1.165, 1.54) is 37.2 Å². The number of aliphatic imine (C=N–C) groups is 1. The van der Waals surface area contributed by atoms with Crippen molar-refractivity contribution in [1.82, 2.24) is 9.80 Å². The van der Waals surface area contributed by atoms with Gasteiger partial charge in [0.1, 0.15) is 0 Å². The van der Waals surface area contributed by atoms with Crippen molar-refractivity contribution < 1.29 is 0 Å². The second-order valence-electron chi connectivity index (χ2n) is 5.26. The van der Waals surface area contributed by atoms with Crippen LogP contribution < -0.4 is 5.73 Å². The number of rotatable bonds is 4. The first-order chi connectivity index (χ1) is 8.77. The monoisotopic (exact) mass is 398 g/mol. The van der Waals surface area contributed by atoms with Crippen molar-refractivity contribution >= 4 is 41.7 Å². The van der Waals surface area contributed by atoms with Gasteiger partial charge in [-0.2, -0.15) is 11.8 Å². The summed E-state index contributed by atoms with van der Waals surface area (Å²) in [7, 11) is 2.22. The van der Waals surface area contributed by atoms with E-state index in [-0.39, 0.29) is 24.0 Å². The molecule has 112 valence electrons. The van der Waals surface area contributed by atoms with Crippen LogP contribution in [0.5, 0.6) is 0 Å². The molecule has 0 spiro atoms. The Hall–Kier alpha value is 0.310. The highest BCUT2D eigenvalue weighted by atomic mass is 127. The topological polar surface area (TPSA) is 44.9 Å². The fraction of sp³-hybridized carbons (Fsp3) is 0.923. The van der Waals surface area contributed by atoms with Crippen molar-refractivity contribution in [3.63, 3.8) is 0 Å². The average molecular weight is 398 g/mol. The minimum absolute atomic E-state index is 0. The Kier molecular flexibility index (Phi) is 8.48. The van der Waals surface area contributed by atoms with Crippen molar-refractivity contribution in [2.45, 2.75) is 31.7 Å². The summed E-state index contributed by atoms with van der Waals surface area (Å²) in [6.07, 6.45) is 5.51. The first-order valence-corrected chi connectivity index (χ1v) is 8.25. The van der Waals surface area contributed by atoms with Gasteiger partial charge >= 0.3 is 0 Å². The normalized spacial score (nSPS) is 21.8. The number of thioether (sulfide) groups is 1. The van der Waals surface area contributed by atoms with Crippen LogP contribution in [0.1, 0.15) is 25.7 Å². The lowest BCUT2D eigenvalue weighted by atomic mass is 10.2. The molecule has 2 aliphatic rings. The van der Waals surface area contributed by atoms with Crippen LogP contribution in [0.4, 0.5) is 0 Å².